The van der Waals surface area contributed by atoms with E-state index in [1.54, 1.807) is 4.90 Å². The van der Waals surface area contributed by atoms with Crippen LogP contribution in [0.15, 0.2) is 78.9 Å². The third-order valence-electron chi connectivity index (χ3n) is 5.15. The summed E-state index contributed by atoms with van der Waals surface area (Å²) in [5, 5.41) is 0. The Kier molecular flexibility index (Phi) is 4.94. The van der Waals surface area contributed by atoms with Gasteiger partial charge in [0.2, 0.25) is 5.91 Å². The van der Waals surface area contributed by atoms with E-state index >= 15 is 0 Å². The van der Waals surface area contributed by atoms with Crippen LogP contribution in [0.4, 0.5) is 5.69 Å². The predicted octanol–water partition coefficient (Wildman–Crippen LogP) is 4.60. The zero-order chi connectivity index (χ0) is 19.5. The molecule has 1 amide bonds. The average molecular weight is 369 g/mol. The van der Waals surface area contributed by atoms with Gasteiger partial charge in [0.1, 0.15) is 12.4 Å². The molecule has 4 rings (SSSR count). The zero-order valence-electron chi connectivity index (χ0n) is 16.2. The van der Waals surface area contributed by atoms with E-state index in [9.17, 15) is 4.79 Å². The lowest BCUT2D eigenvalue weighted by Crippen LogP contribution is -2.30. The monoisotopic (exact) mass is 369 g/mol. The molecule has 0 unspecified atom stereocenters. The number of hydrogen-bond acceptors (Lipinski definition) is 2. The van der Waals surface area contributed by atoms with Gasteiger partial charge in [-0.1, -0.05) is 54.6 Å². The van der Waals surface area contributed by atoms with E-state index in [-0.39, 0.29) is 12.5 Å². The Hall–Kier alpha value is -3.40. The maximum absolute atomic E-state index is 13.0. The van der Waals surface area contributed by atoms with E-state index in [0.717, 1.165) is 22.5 Å². The van der Waals surface area contributed by atoms with E-state index < -0.39 is 0 Å². The molecule has 0 N–H and O–H groups in total. The van der Waals surface area contributed by atoms with Crippen molar-refractivity contribution in [1.82, 2.24) is 9.55 Å². The van der Waals surface area contributed by atoms with Crippen LogP contribution < -0.4 is 4.90 Å². The Bertz CT molecular complexity index is 1120. The van der Waals surface area contributed by atoms with Gasteiger partial charge in [-0.05, 0) is 42.3 Å². The van der Waals surface area contributed by atoms with Gasteiger partial charge in [0, 0.05) is 19.2 Å². The van der Waals surface area contributed by atoms with E-state index in [1.165, 1.54) is 11.1 Å². The predicted molar refractivity (Wildman–Crippen MR) is 114 cm³/mol. The largest absolute Gasteiger partial charge is 0.318 e. The first-order chi connectivity index (χ1) is 13.6. The quantitative estimate of drug-likeness (QED) is 0.516. The van der Waals surface area contributed by atoms with Gasteiger partial charge < -0.3 is 9.47 Å². The number of fused-ring (bicyclic) bond motifs is 1. The highest BCUT2D eigenvalue weighted by Gasteiger charge is 2.17. The molecule has 4 aromatic rings. The van der Waals surface area contributed by atoms with Crippen LogP contribution in [0.2, 0.25) is 0 Å². The molecule has 0 atom stereocenters. The Morgan fingerprint density at radius 3 is 2.39 bits per heavy atom. The molecule has 0 radical (unpaired) electrons. The highest BCUT2D eigenvalue weighted by molar-refractivity contribution is 5.93. The summed E-state index contributed by atoms with van der Waals surface area (Å²) in [6, 6.07) is 26.0. The second-order valence-corrected chi connectivity index (χ2v) is 6.99. The molecule has 0 aliphatic carbocycles. The van der Waals surface area contributed by atoms with Crippen molar-refractivity contribution in [3.05, 3.63) is 95.8 Å². The first kappa shape index (κ1) is 18.0. The molecule has 4 heteroatoms. The first-order valence-corrected chi connectivity index (χ1v) is 9.44. The van der Waals surface area contributed by atoms with Crippen molar-refractivity contribution < 1.29 is 4.79 Å². The van der Waals surface area contributed by atoms with E-state index in [4.69, 9.17) is 4.98 Å². The number of rotatable bonds is 5. The summed E-state index contributed by atoms with van der Waals surface area (Å²) in [5.74, 6) is 0.936. The number of nitrogens with zero attached hydrogens (tertiary/aromatic N) is 3. The fourth-order valence-electron chi connectivity index (χ4n) is 3.45. The average Bonchev–Trinajstić information content (AvgIpc) is 3.07. The van der Waals surface area contributed by atoms with E-state index in [2.05, 4.69) is 19.1 Å². The van der Waals surface area contributed by atoms with Gasteiger partial charge in [0.25, 0.3) is 0 Å². The highest BCUT2D eigenvalue weighted by atomic mass is 16.2. The minimum Gasteiger partial charge on any atom is -0.318 e. The molecule has 1 aromatic heterocycles. The van der Waals surface area contributed by atoms with Crippen molar-refractivity contribution in [3.8, 4) is 0 Å². The van der Waals surface area contributed by atoms with Crippen molar-refractivity contribution in [3.63, 3.8) is 0 Å². The Balaban J connectivity index is 1.69. The normalized spacial score (nSPS) is 10.9. The summed E-state index contributed by atoms with van der Waals surface area (Å²) < 4.78 is 2.05. The standard InChI is InChI=1S/C24H23N3O/c1-18-10-6-7-11-19(18)16-23-25-21-14-8-9-15-22(21)27(23)17-24(28)26(2)20-12-4-3-5-13-20/h3-15H,16-17H2,1-2H3. The molecular formula is C24H23N3O. The van der Waals surface area contributed by atoms with Crippen LogP contribution in [0.3, 0.4) is 0 Å². The number of para-hydroxylation sites is 3. The van der Waals surface area contributed by atoms with Gasteiger partial charge in [-0.25, -0.2) is 4.98 Å². The van der Waals surface area contributed by atoms with Crippen LogP contribution in [0.25, 0.3) is 11.0 Å². The summed E-state index contributed by atoms with van der Waals surface area (Å²) in [7, 11) is 1.82. The minimum atomic E-state index is 0.0281. The number of aryl methyl sites for hydroxylation is 1. The number of imidazole rings is 1. The van der Waals surface area contributed by atoms with Crippen LogP contribution in [-0.4, -0.2) is 22.5 Å². The topological polar surface area (TPSA) is 38.1 Å². The molecule has 0 aliphatic rings. The first-order valence-electron chi connectivity index (χ1n) is 9.44. The van der Waals surface area contributed by atoms with Gasteiger partial charge in [-0.3, -0.25) is 4.79 Å². The van der Waals surface area contributed by atoms with Gasteiger partial charge in [-0.15, -0.1) is 0 Å². The molecule has 0 saturated carbocycles. The summed E-state index contributed by atoms with van der Waals surface area (Å²) in [6.07, 6.45) is 0.698. The Morgan fingerprint density at radius 2 is 1.61 bits per heavy atom. The highest BCUT2D eigenvalue weighted by Crippen LogP contribution is 2.21. The molecule has 1 heterocycles. The third kappa shape index (κ3) is 3.54. The van der Waals surface area contributed by atoms with Gasteiger partial charge in [0.05, 0.1) is 11.0 Å². The fourth-order valence-corrected chi connectivity index (χ4v) is 3.45. The molecule has 0 fully saturated rings. The summed E-state index contributed by atoms with van der Waals surface area (Å²) in [4.78, 5) is 19.5. The molecule has 0 aliphatic heterocycles. The Morgan fingerprint density at radius 1 is 0.929 bits per heavy atom. The van der Waals surface area contributed by atoms with E-state index in [1.807, 2.05) is 78.3 Å². The number of likely N-dealkylation sites (N-methyl/N-ethyl adjacent to an activating group) is 1. The lowest BCUT2D eigenvalue weighted by atomic mass is 10.1. The second-order valence-electron chi connectivity index (χ2n) is 6.99. The molecule has 4 nitrogen and oxygen atoms in total. The fraction of sp³-hybridized carbons (Fsp3) is 0.167. The summed E-state index contributed by atoms with van der Waals surface area (Å²) in [6.45, 7) is 2.36. The molecule has 140 valence electrons. The number of amides is 1. The van der Waals surface area contributed by atoms with Crippen LogP contribution >= 0.6 is 0 Å². The SMILES string of the molecule is Cc1ccccc1Cc1nc2ccccc2n1CC(=O)N(C)c1ccccc1. The van der Waals surface area contributed by atoms with E-state index in [0.29, 0.717) is 6.42 Å². The van der Waals surface area contributed by atoms with Gasteiger partial charge in [-0.2, -0.15) is 0 Å². The lowest BCUT2D eigenvalue weighted by molar-refractivity contribution is -0.118. The summed E-state index contributed by atoms with van der Waals surface area (Å²) in [5.41, 5.74) is 5.25. The summed E-state index contributed by atoms with van der Waals surface area (Å²) >= 11 is 0. The van der Waals surface area contributed by atoms with Gasteiger partial charge in [0.15, 0.2) is 0 Å². The zero-order valence-corrected chi connectivity index (χ0v) is 16.2. The van der Waals surface area contributed by atoms with Crippen LogP contribution in [0.5, 0.6) is 0 Å². The maximum Gasteiger partial charge on any atom is 0.246 e. The number of carbonyl (C=O) groups excluding carboxylic acids is 1. The number of hydrogen-bond donors (Lipinski definition) is 0. The van der Waals surface area contributed by atoms with Crippen LogP contribution in [-0.2, 0) is 17.8 Å². The number of aromatic nitrogens is 2. The number of benzene rings is 3. The molecular weight excluding hydrogens is 346 g/mol. The smallest absolute Gasteiger partial charge is 0.246 e. The van der Waals surface area contributed by atoms with Crippen molar-refractivity contribution in [2.45, 2.75) is 19.9 Å². The van der Waals surface area contributed by atoms with Crippen molar-refractivity contribution in [2.75, 3.05) is 11.9 Å². The molecule has 28 heavy (non-hydrogen) atoms. The Labute approximate surface area is 165 Å². The minimum absolute atomic E-state index is 0.0281. The third-order valence-corrected chi connectivity index (χ3v) is 5.15. The van der Waals surface area contributed by atoms with Crippen molar-refractivity contribution in [2.24, 2.45) is 0 Å². The second kappa shape index (κ2) is 7.69. The van der Waals surface area contributed by atoms with Crippen molar-refractivity contribution in [1.29, 1.82) is 0 Å². The molecule has 3 aromatic carbocycles. The maximum atomic E-state index is 13.0. The molecule has 0 spiro atoms. The molecule has 0 saturated heterocycles. The lowest BCUT2D eigenvalue weighted by Gasteiger charge is -2.19. The number of carbonyl (C=O) groups is 1. The van der Waals surface area contributed by atoms with Gasteiger partial charge >= 0.3 is 0 Å². The van der Waals surface area contributed by atoms with Crippen LogP contribution in [0, 0.1) is 6.92 Å². The van der Waals surface area contributed by atoms with Crippen LogP contribution in [0.1, 0.15) is 17.0 Å². The number of anilines is 1. The van der Waals surface area contributed by atoms with Crippen molar-refractivity contribution >= 4 is 22.6 Å². The molecule has 0 bridgehead atoms.